The Morgan fingerprint density at radius 2 is 1.74 bits per heavy atom. The number of hydrogen-bond donors (Lipinski definition) is 1. The number of carbonyl (C=O) groups is 1. The van der Waals surface area contributed by atoms with E-state index in [9.17, 15) is 14.9 Å². The summed E-state index contributed by atoms with van der Waals surface area (Å²) in [6, 6.07) is 2.84. The van der Waals surface area contributed by atoms with Gasteiger partial charge in [0.25, 0.3) is 5.69 Å². The molecule has 6 rings (SSSR count). The molecule has 1 aromatic carbocycles. The minimum atomic E-state index is -0.496. The monoisotopic (exact) mass is 371 g/mol. The van der Waals surface area contributed by atoms with Crippen molar-refractivity contribution in [1.82, 2.24) is 5.43 Å². The Morgan fingerprint density at radius 1 is 1.15 bits per heavy atom. The Hall–Kier alpha value is -2.64. The highest BCUT2D eigenvalue weighted by atomic mass is 16.7. The van der Waals surface area contributed by atoms with Crippen molar-refractivity contribution in [2.75, 3.05) is 6.79 Å². The van der Waals surface area contributed by atoms with E-state index in [-0.39, 0.29) is 29.4 Å². The summed E-state index contributed by atoms with van der Waals surface area (Å²) in [6.07, 6.45) is 7.95. The lowest BCUT2D eigenvalue weighted by Crippen LogP contribution is -2.52. The number of amides is 1. The SMILES string of the molecule is O=C(NN=Cc1cc2c(cc1[N+](=O)[O-])OCO2)C12CC3CC(CC(C3)C1)C2. The zero-order valence-electron chi connectivity index (χ0n) is 14.8. The molecule has 0 unspecified atom stereocenters. The topological polar surface area (TPSA) is 103 Å². The number of fused-ring (bicyclic) bond motifs is 1. The molecule has 1 aromatic rings. The van der Waals surface area contributed by atoms with E-state index in [0.717, 1.165) is 19.3 Å². The number of nitro groups is 1. The first-order valence-electron chi connectivity index (χ1n) is 9.44. The molecule has 5 aliphatic rings. The van der Waals surface area contributed by atoms with Gasteiger partial charge in [-0.3, -0.25) is 14.9 Å². The van der Waals surface area contributed by atoms with Gasteiger partial charge in [0.1, 0.15) is 0 Å². The number of nitrogens with zero attached hydrogens (tertiary/aromatic N) is 2. The standard InChI is InChI=1S/C19H21N3O5/c23-18(19-6-11-1-12(7-19)3-13(2-11)8-19)21-20-9-14-4-16-17(27-10-26-16)5-15(14)22(24)25/h4-5,9,11-13H,1-3,6-8,10H2,(H,21,23). The second kappa shape index (κ2) is 5.94. The molecule has 0 spiro atoms. The molecule has 4 aliphatic carbocycles. The van der Waals surface area contributed by atoms with E-state index in [4.69, 9.17) is 9.47 Å². The van der Waals surface area contributed by atoms with Crippen molar-refractivity contribution in [1.29, 1.82) is 0 Å². The molecule has 0 atom stereocenters. The highest BCUT2D eigenvalue weighted by Crippen LogP contribution is 2.60. The van der Waals surface area contributed by atoms with Gasteiger partial charge in [0.05, 0.1) is 28.2 Å². The summed E-state index contributed by atoms with van der Waals surface area (Å²) in [6.45, 7) is 0.0375. The smallest absolute Gasteiger partial charge is 0.282 e. The van der Waals surface area contributed by atoms with Gasteiger partial charge < -0.3 is 9.47 Å². The van der Waals surface area contributed by atoms with Crippen molar-refractivity contribution in [3.05, 3.63) is 27.8 Å². The number of rotatable bonds is 4. The van der Waals surface area contributed by atoms with Gasteiger partial charge in [-0.25, -0.2) is 5.43 Å². The van der Waals surface area contributed by atoms with Gasteiger partial charge in [-0.1, -0.05) is 0 Å². The van der Waals surface area contributed by atoms with Crippen LogP contribution in [0.5, 0.6) is 11.5 Å². The van der Waals surface area contributed by atoms with Gasteiger partial charge in [0.15, 0.2) is 11.5 Å². The molecule has 0 radical (unpaired) electrons. The Bertz CT molecular complexity index is 815. The third-order valence-electron chi connectivity index (χ3n) is 6.61. The van der Waals surface area contributed by atoms with E-state index >= 15 is 0 Å². The van der Waals surface area contributed by atoms with Gasteiger partial charge in [-0.05, 0) is 62.3 Å². The second-order valence-corrected chi connectivity index (χ2v) is 8.42. The molecule has 4 saturated carbocycles. The molecule has 4 bridgehead atoms. The lowest BCUT2D eigenvalue weighted by atomic mass is 9.49. The van der Waals surface area contributed by atoms with Crippen molar-refractivity contribution in [2.45, 2.75) is 38.5 Å². The summed E-state index contributed by atoms with van der Waals surface area (Å²) < 4.78 is 10.5. The summed E-state index contributed by atoms with van der Waals surface area (Å²) in [5.41, 5.74) is 2.50. The van der Waals surface area contributed by atoms with Crippen LogP contribution in [0.2, 0.25) is 0 Å². The van der Waals surface area contributed by atoms with Crippen molar-refractivity contribution < 1.29 is 19.2 Å². The van der Waals surface area contributed by atoms with E-state index in [1.54, 1.807) is 0 Å². The van der Waals surface area contributed by atoms with Crippen LogP contribution in [0.15, 0.2) is 17.2 Å². The van der Waals surface area contributed by atoms with E-state index in [0.29, 0.717) is 29.3 Å². The third kappa shape index (κ3) is 2.74. The largest absolute Gasteiger partial charge is 0.454 e. The first kappa shape index (κ1) is 16.5. The number of carbonyl (C=O) groups excluding carboxylic acids is 1. The van der Waals surface area contributed by atoms with Crippen molar-refractivity contribution in [2.24, 2.45) is 28.3 Å². The molecular formula is C19H21N3O5. The Kier molecular flexibility index (Phi) is 3.63. The first-order valence-corrected chi connectivity index (χ1v) is 9.44. The van der Waals surface area contributed by atoms with Crippen LogP contribution >= 0.6 is 0 Å². The van der Waals surface area contributed by atoms with Gasteiger partial charge in [0, 0.05) is 0 Å². The third-order valence-corrected chi connectivity index (χ3v) is 6.61. The van der Waals surface area contributed by atoms with E-state index in [2.05, 4.69) is 10.5 Å². The van der Waals surface area contributed by atoms with Crippen LogP contribution in [0.3, 0.4) is 0 Å². The summed E-state index contributed by atoms with van der Waals surface area (Å²) in [5, 5.41) is 15.4. The van der Waals surface area contributed by atoms with Crippen LogP contribution in [0.25, 0.3) is 0 Å². The minimum Gasteiger partial charge on any atom is -0.454 e. The fourth-order valence-corrected chi connectivity index (χ4v) is 5.88. The van der Waals surface area contributed by atoms with Crippen LogP contribution in [0.4, 0.5) is 5.69 Å². The molecule has 1 N–H and O–H groups in total. The molecule has 142 valence electrons. The van der Waals surface area contributed by atoms with Gasteiger partial charge >= 0.3 is 0 Å². The molecule has 27 heavy (non-hydrogen) atoms. The minimum absolute atomic E-state index is 0.0375. The van der Waals surface area contributed by atoms with Gasteiger partial charge in [-0.2, -0.15) is 5.10 Å². The van der Waals surface area contributed by atoms with Crippen molar-refractivity contribution in [3.63, 3.8) is 0 Å². The first-order chi connectivity index (χ1) is 13.0. The zero-order chi connectivity index (χ0) is 18.6. The molecule has 1 amide bonds. The van der Waals surface area contributed by atoms with Crippen LogP contribution in [-0.2, 0) is 4.79 Å². The van der Waals surface area contributed by atoms with Crippen LogP contribution in [0, 0.1) is 33.3 Å². The zero-order valence-corrected chi connectivity index (χ0v) is 14.8. The summed E-state index contributed by atoms with van der Waals surface area (Å²) in [4.78, 5) is 23.7. The van der Waals surface area contributed by atoms with E-state index < -0.39 is 4.92 Å². The van der Waals surface area contributed by atoms with Crippen LogP contribution < -0.4 is 14.9 Å². The van der Waals surface area contributed by atoms with Crippen LogP contribution in [-0.4, -0.2) is 23.8 Å². The van der Waals surface area contributed by atoms with Crippen molar-refractivity contribution >= 4 is 17.8 Å². The lowest BCUT2D eigenvalue weighted by Gasteiger charge is -2.55. The highest BCUT2D eigenvalue weighted by Gasteiger charge is 2.54. The quantitative estimate of drug-likeness (QED) is 0.498. The maximum atomic E-state index is 12.9. The maximum Gasteiger partial charge on any atom is 0.282 e. The molecule has 1 heterocycles. The van der Waals surface area contributed by atoms with E-state index in [1.807, 2.05) is 0 Å². The number of hydrogen-bond acceptors (Lipinski definition) is 6. The lowest BCUT2D eigenvalue weighted by molar-refractivity contribution is -0.385. The number of ether oxygens (including phenoxy) is 2. The predicted octanol–water partition coefficient (Wildman–Crippen LogP) is 2.99. The normalized spacial score (nSPS) is 32.8. The average molecular weight is 371 g/mol. The predicted molar refractivity (Wildman–Crippen MR) is 95.6 cm³/mol. The summed E-state index contributed by atoms with van der Waals surface area (Å²) in [5.74, 6) is 2.75. The maximum absolute atomic E-state index is 12.9. The van der Waals surface area contributed by atoms with Gasteiger partial charge in [0.2, 0.25) is 12.7 Å². The Balaban J connectivity index is 1.34. The molecule has 4 fully saturated rings. The average Bonchev–Trinajstić information content (AvgIpc) is 3.07. The van der Waals surface area contributed by atoms with Gasteiger partial charge in [-0.15, -0.1) is 0 Å². The van der Waals surface area contributed by atoms with Crippen molar-refractivity contribution in [3.8, 4) is 11.5 Å². The Labute approximate surface area is 156 Å². The number of nitro benzene ring substituents is 1. The summed E-state index contributed by atoms with van der Waals surface area (Å²) in [7, 11) is 0. The molecular weight excluding hydrogens is 350 g/mol. The summed E-state index contributed by atoms with van der Waals surface area (Å²) >= 11 is 0. The highest BCUT2D eigenvalue weighted by molar-refractivity contribution is 5.89. The van der Waals surface area contributed by atoms with Crippen LogP contribution in [0.1, 0.15) is 44.1 Å². The number of benzene rings is 1. The number of hydrazone groups is 1. The fourth-order valence-electron chi connectivity index (χ4n) is 5.88. The molecule has 0 aromatic heterocycles. The molecule has 8 heteroatoms. The number of nitrogens with one attached hydrogen (secondary N) is 1. The molecule has 8 nitrogen and oxygen atoms in total. The molecule has 0 saturated heterocycles. The fraction of sp³-hybridized carbons (Fsp3) is 0.579. The molecule has 1 aliphatic heterocycles. The second-order valence-electron chi connectivity index (χ2n) is 8.42. The van der Waals surface area contributed by atoms with E-state index in [1.165, 1.54) is 37.6 Å². The Morgan fingerprint density at radius 3 is 2.33 bits per heavy atom.